The first-order valence-electron chi connectivity index (χ1n) is 7.57. The molecule has 134 valence electrons. The summed E-state index contributed by atoms with van der Waals surface area (Å²) in [6.07, 6.45) is -3.90. The number of hydrogen-bond donors (Lipinski definition) is 2. The number of ether oxygens (including phenoxy) is 1. The van der Waals surface area contributed by atoms with Crippen molar-refractivity contribution in [2.75, 3.05) is 13.2 Å². The van der Waals surface area contributed by atoms with Crippen LogP contribution < -0.4 is 15.4 Å². The highest BCUT2D eigenvalue weighted by Gasteiger charge is 2.28. The number of carbonyl (C=O) groups is 2. The minimum absolute atomic E-state index is 0.130. The molecule has 0 radical (unpaired) electrons. The molecular formula is C16H21F3N2O3. The lowest BCUT2D eigenvalue weighted by Gasteiger charge is -2.15. The number of carbonyl (C=O) groups excluding carboxylic acids is 2. The van der Waals surface area contributed by atoms with E-state index in [0.29, 0.717) is 13.0 Å². The van der Waals surface area contributed by atoms with Gasteiger partial charge in [0.15, 0.2) is 0 Å². The summed E-state index contributed by atoms with van der Waals surface area (Å²) in [6, 6.07) is 6.23. The third kappa shape index (κ3) is 7.85. The number of aryl methyl sites for hydroxylation is 1. The van der Waals surface area contributed by atoms with Crippen molar-refractivity contribution in [3.63, 3.8) is 0 Å². The predicted molar refractivity (Wildman–Crippen MR) is 82.6 cm³/mol. The third-order valence-corrected chi connectivity index (χ3v) is 3.11. The maximum atomic E-state index is 12.0. The van der Waals surface area contributed by atoms with E-state index in [4.69, 9.17) is 4.74 Å². The predicted octanol–water partition coefficient (Wildman–Crippen LogP) is 2.20. The van der Waals surface area contributed by atoms with Gasteiger partial charge in [-0.2, -0.15) is 13.2 Å². The first-order chi connectivity index (χ1) is 11.2. The summed E-state index contributed by atoms with van der Waals surface area (Å²) in [6.45, 7) is 2.36. The zero-order chi connectivity index (χ0) is 18.2. The number of alkyl halides is 3. The van der Waals surface area contributed by atoms with Crippen LogP contribution in [-0.2, 0) is 16.0 Å². The highest BCUT2D eigenvalue weighted by molar-refractivity contribution is 5.87. The van der Waals surface area contributed by atoms with E-state index in [1.807, 2.05) is 19.1 Å². The van der Waals surface area contributed by atoms with Crippen LogP contribution in [0, 0.1) is 0 Å². The van der Waals surface area contributed by atoms with Crippen LogP contribution in [0.1, 0.15) is 25.8 Å². The largest absolute Gasteiger partial charge is 0.494 e. The van der Waals surface area contributed by atoms with Crippen LogP contribution in [0.5, 0.6) is 5.75 Å². The van der Waals surface area contributed by atoms with E-state index in [2.05, 4.69) is 5.32 Å². The van der Waals surface area contributed by atoms with Crippen LogP contribution in [0.15, 0.2) is 24.3 Å². The fraction of sp³-hybridized carbons (Fsp3) is 0.500. The lowest BCUT2D eigenvalue weighted by molar-refractivity contribution is -0.140. The molecule has 0 bridgehead atoms. The molecule has 1 aromatic carbocycles. The number of halogens is 3. The highest BCUT2D eigenvalue weighted by Crippen LogP contribution is 2.13. The minimum atomic E-state index is -4.48. The first kappa shape index (κ1) is 19.8. The number of benzene rings is 1. The van der Waals surface area contributed by atoms with Gasteiger partial charge in [-0.15, -0.1) is 0 Å². The Kier molecular flexibility index (Phi) is 7.54. The number of rotatable bonds is 8. The minimum Gasteiger partial charge on any atom is -0.494 e. The van der Waals surface area contributed by atoms with Crippen molar-refractivity contribution in [2.24, 2.45) is 0 Å². The van der Waals surface area contributed by atoms with E-state index in [9.17, 15) is 22.8 Å². The summed E-state index contributed by atoms with van der Waals surface area (Å²) >= 11 is 0. The lowest BCUT2D eigenvalue weighted by Crippen LogP contribution is -2.47. The zero-order valence-corrected chi connectivity index (χ0v) is 13.6. The van der Waals surface area contributed by atoms with Crippen LogP contribution in [0.3, 0.4) is 0 Å². The molecule has 0 saturated carbocycles. The Bertz CT molecular complexity index is 544. The normalized spacial score (nSPS) is 12.4. The highest BCUT2D eigenvalue weighted by atomic mass is 19.4. The van der Waals surface area contributed by atoms with Crippen LogP contribution in [0.4, 0.5) is 13.2 Å². The second-order valence-corrected chi connectivity index (χ2v) is 5.20. The van der Waals surface area contributed by atoms with Crippen molar-refractivity contribution < 1.29 is 27.5 Å². The summed E-state index contributed by atoms with van der Waals surface area (Å²) in [5.74, 6) is -0.541. The Morgan fingerprint density at radius 1 is 1.21 bits per heavy atom. The summed E-state index contributed by atoms with van der Waals surface area (Å²) in [5.41, 5.74) is 0.919. The standard InChI is InChI=1S/C16H21F3N2O3/c1-3-24-13-7-4-12(5-8-13)6-9-14(22)21-11(2)15(23)20-10-16(17,18)19/h4-5,7-8,11H,3,6,9-10H2,1-2H3,(H,20,23)(H,21,22)/t11-/m0/s1. The van der Waals surface area contributed by atoms with E-state index in [1.165, 1.54) is 6.92 Å². The van der Waals surface area contributed by atoms with Gasteiger partial charge >= 0.3 is 6.18 Å². The summed E-state index contributed by atoms with van der Waals surface area (Å²) in [7, 11) is 0. The van der Waals surface area contributed by atoms with Crippen LogP contribution >= 0.6 is 0 Å². The van der Waals surface area contributed by atoms with Gasteiger partial charge in [0.05, 0.1) is 6.61 Å². The third-order valence-electron chi connectivity index (χ3n) is 3.11. The van der Waals surface area contributed by atoms with Crippen molar-refractivity contribution in [3.8, 4) is 5.75 Å². The fourth-order valence-electron chi connectivity index (χ4n) is 1.90. The van der Waals surface area contributed by atoms with Crippen molar-refractivity contribution in [3.05, 3.63) is 29.8 Å². The first-order valence-corrected chi connectivity index (χ1v) is 7.57. The summed E-state index contributed by atoms with van der Waals surface area (Å²) < 4.78 is 41.4. The van der Waals surface area contributed by atoms with Gasteiger partial charge < -0.3 is 15.4 Å². The molecule has 0 saturated heterocycles. The van der Waals surface area contributed by atoms with E-state index in [-0.39, 0.29) is 6.42 Å². The Morgan fingerprint density at radius 2 is 1.83 bits per heavy atom. The van der Waals surface area contributed by atoms with Gasteiger partial charge in [0.25, 0.3) is 0 Å². The van der Waals surface area contributed by atoms with Crippen molar-refractivity contribution in [1.29, 1.82) is 0 Å². The van der Waals surface area contributed by atoms with Crippen LogP contribution in [0.2, 0.25) is 0 Å². The maximum absolute atomic E-state index is 12.0. The molecule has 8 heteroatoms. The second-order valence-electron chi connectivity index (χ2n) is 5.20. The molecule has 0 fully saturated rings. The Hall–Kier alpha value is -2.25. The number of amides is 2. The van der Waals surface area contributed by atoms with E-state index < -0.39 is 30.6 Å². The molecule has 0 aliphatic carbocycles. The lowest BCUT2D eigenvalue weighted by atomic mass is 10.1. The Balaban J connectivity index is 2.35. The SMILES string of the molecule is CCOc1ccc(CCC(=O)N[C@@H](C)C(=O)NCC(F)(F)F)cc1. The average Bonchev–Trinajstić information content (AvgIpc) is 2.51. The van der Waals surface area contributed by atoms with E-state index in [0.717, 1.165) is 11.3 Å². The maximum Gasteiger partial charge on any atom is 0.405 e. The molecular weight excluding hydrogens is 325 g/mol. The number of hydrogen-bond acceptors (Lipinski definition) is 3. The second kappa shape index (κ2) is 9.14. The summed E-state index contributed by atoms with van der Waals surface area (Å²) in [4.78, 5) is 23.2. The quantitative estimate of drug-likeness (QED) is 0.758. The molecule has 5 nitrogen and oxygen atoms in total. The molecule has 0 aromatic heterocycles. The van der Waals surface area contributed by atoms with E-state index in [1.54, 1.807) is 17.4 Å². The molecule has 0 aliphatic heterocycles. The number of nitrogens with one attached hydrogen (secondary N) is 2. The van der Waals surface area contributed by atoms with Gasteiger partial charge in [-0.05, 0) is 38.0 Å². The van der Waals surface area contributed by atoms with E-state index >= 15 is 0 Å². The monoisotopic (exact) mass is 346 g/mol. The van der Waals surface area contributed by atoms with Gasteiger partial charge in [0.2, 0.25) is 11.8 Å². The van der Waals surface area contributed by atoms with Gasteiger partial charge in [0.1, 0.15) is 18.3 Å². The van der Waals surface area contributed by atoms with Crippen molar-refractivity contribution in [2.45, 2.75) is 38.9 Å². The van der Waals surface area contributed by atoms with Crippen LogP contribution in [-0.4, -0.2) is 37.2 Å². The van der Waals surface area contributed by atoms with Gasteiger partial charge in [0, 0.05) is 6.42 Å². The average molecular weight is 346 g/mol. The Labute approximate surface area is 138 Å². The molecule has 24 heavy (non-hydrogen) atoms. The molecule has 1 aromatic rings. The van der Waals surface area contributed by atoms with Crippen molar-refractivity contribution >= 4 is 11.8 Å². The molecule has 1 rings (SSSR count). The zero-order valence-electron chi connectivity index (χ0n) is 13.6. The molecule has 1 atom stereocenters. The Morgan fingerprint density at radius 3 is 2.38 bits per heavy atom. The van der Waals surface area contributed by atoms with Crippen LogP contribution in [0.25, 0.3) is 0 Å². The molecule has 2 N–H and O–H groups in total. The molecule has 0 aliphatic rings. The van der Waals surface area contributed by atoms with Gasteiger partial charge in [-0.1, -0.05) is 12.1 Å². The van der Waals surface area contributed by atoms with Gasteiger partial charge in [-0.25, -0.2) is 0 Å². The topological polar surface area (TPSA) is 67.4 Å². The molecule has 0 spiro atoms. The van der Waals surface area contributed by atoms with Gasteiger partial charge in [-0.3, -0.25) is 9.59 Å². The molecule has 0 heterocycles. The van der Waals surface area contributed by atoms with Crippen molar-refractivity contribution in [1.82, 2.24) is 10.6 Å². The molecule has 2 amide bonds. The molecule has 0 unspecified atom stereocenters. The fourth-order valence-corrected chi connectivity index (χ4v) is 1.90. The smallest absolute Gasteiger partial charge is 0.405 e. The summed E-state index contributed by atoms with van der Waals surface area (Å²) in [5, 5.41) is 4.10.